The summed E-state index contributed by atoms with van der Waals surface area (Å²) in [5.41, 5.74) is 0. The molecule has 0 spiro atoms. The third-order valence-corrected chi connectivity index (χ3v) is 3.98. The van der Waals surface area contributed by atoms with Crippen molar-refractivity contribution in [2.45, 2.75) is 57.4 Å². The molecule has 1 saturated heterocycles. The van der Waals surface area contributed by atoms with Gasteiger partial charge in [-0.25, -0.2) is 0 Å². The van der Waals surface area contributed by atoms with Crippen LogP contribution in [0.3, 0.4) is 0 Å². The Kier molecular flexibility index (Phi) is 3.09. The van der Waals surface area contributed by atoms with Gasteiger partial charge in [0.1, 0.15) is 0 Å². The lowest BCUT2D eigenvalue weighted by atomic mass is 9.79. The number of nitrogens with zero attached hydrogens (tertiary/aromatic N) is 1. The molecule has 1 aliphatic carbocycles. The molecular weight excluding hydrogens is 174 g/mol. The summed E-state index contributed by atoms with van der Waals surface area (Å²) in [7, 11) is 2.01. The molecule has 1 aliphatic heterocycles. The highest BCUT2D eigenvalue weighted by Crippen LogP contribution is 2.33. The van der Waals surface area contributed by atoms with E-state index in [2.05, 4.69) is 0 Å². The van der Waals surface area contributed by atoms with Gasteiger partial charge in [0.2, 0.25) is 5.91 Å². The molecule has 0 bridgehead atoms. The Hall–Kier alpha value is -0.530. The second kappa shape index (κ2) is 4.33. The molecule has 2 fully saturated rings. The standard InChI is InChI=1S/C12H21NO/c1-13-11-8-4-2-6-10(11)7-3-5-9-12(13)14/h10-11H,2-9H2,1H3. The van der Waals surface area contributed by atoms with Gasteiger partial charge in [-0.15, -0.1) is 0 Å². The summed E-state index contributed by atoms with van der Waals surface area (Å²) >= 11 is 0. The maximum atomic E-state index is 11.7. The average molecular weight is 195 g/mol. The molecule has 1 saturated carbocycles. The van der Waals surface area contributed by atoms with Crippen molar-refractivity contribution in [3.63, 3.8) is 0 Å². The monoisotopic (exact) mass is 195 g/mol. The molecule has 0 radical (unpaired) electrons. The van der Waals surface area contributed by atoms with Gasteiger partial charge in [-0.05, 0) is 31.6 Å². The first-order valence-corrected chi connectivity index (χ1v) is 6.04. The molecule has 2 nitrogen and oxygen atoms in total. The maximum Gasteiger partial charge on any atom is 0.222 e. The van der Waals surface area contributed by atoms with Crippen LogP contribution in [0.25, 0.3) is 0 Å². The van der Waals surface area contributed by atoms with E-state index in [1.54, 1.807) is 0 Å². The van der Waals surface area contributed by atoms with Gasteiger partial charge < -0.3 is 4.90 Å². The van der Waals surface area contributed by atoms with Gasteiger partial charge in [-0.1, -0.05) is 19.3 Å². The summed E-state index contributed by atoms with van der Waals surface area (Å²) in [6.07, 6.45) is 9.78. The molecule has 80 valence electrons. The molecule has 1 amide bonds. The molecule has 0 aromatic heterocycles. The Balaban J connectivity index is 2.07. The van der Waals surface area contributed by atoms with Gasteiger partial charge in [0.25, 0.3) is 0 Å². The zero-order valence-corrected chi connectivity index (χ0v) is 9.17. The summed E-state index contributed by atoms with van der Waals surface area (Å²) in [5, 5.41) is 0. The number of likely N-dealkylation sites (tertiary alicyclic amines) is 1. The fraction of sp³-hybridized carbons (Fsp3) is 0.917. The molecule has 2 unspecified atom stereocenters. The first-order chi connectivity index (χ1) is 6.79. The minimum Gasteiger partial charge on any atom is -0.343 e. The number of hydrogen-bond donors (Lipinski definition) is 0. The van der Waals surface area contributed by atoms with Crippen molar-refractivity contribution in [2.24, 2.45) is 5.92 Å². The van der Waals surface area contributed by atoms with E-state index in [-0.39, 0.29) is 0 Å². The van der Waals surface area contributed by atoms with Crippen molar-refractivity contribution in [1.29, 1.82) is 0 Å². The molecule has 1 heterocycles. The lowest BCUT2D eigenvalue weighted by Gasteiger charge is -2.39. The van der Waals surface area contributed by atoms with E-state index in [1.807, 2.05) is 11.9 Å². The Labute approximate surface area is 86.7 Å². The van der Waals surface area contributed by atoms with Crippen LogP contribution < -0.4 is 0 Å². The quantitative estimate of drug-likeness (QED) is 0.582. The molecule has 2 heteroatoms. The first kappa shape index (κ1) is 10.0. The van der Waals surface area contributed by atoms with Crippen LogP contribution in [0, 0.1) is 5.92 Å². The van der Waals surface area contributed by atoms with Crippen molar-refractivity contribution in [3.8, 4) is 0 Å². The van der Waals surface area contributed by atoms with Crippen LogP contribution in [-0.2, 0) is 4.79 Å². The lowest BCUT2D eigenvalue weighted by molar-refractivity contribution is -0.134. The largest absolute Gasteiger partial charge is 0.343 e. The number of rotatable bonds is 0. The number of carbonyl (C=O) groups excluding carboxylic acids is 1. The maximum absolute atomic E-state index is 11.7. The van der Waals surface area contributed by atoms with Crippen LogP contribution in [0.5, 0.6) is 0 Å². The minimum absolute atomic E-state index is 0.376. The van der Waals surface area contributed by atoms with Crippen molar-refractivity contribution >= 4 is 5.91 Å². The van der Waals surface area contributed by atoms with Crippen LogP contribution in [0.1, 0.15) is 51.4 Å². The normalized spacial score (nSPS) is 34.6. The molecule has 2 aliphatic rings. The second-order valence-corrected chi connectivity index (χ2v) is 4.86. The van der Waals surface area contributed by atoms with Crippen LogP contribution in [0.4, 0.5) is 0 Å². The number of carbonyl (C=O) groups is 1. The summed E-state index contributed by atoms with van der Waals surface area (Å²) < 4.78 is 0. The molecule has 0 N–H and O–H groups in total. The van der Waals surface area contributed by atoms with Crippen molar-refractivity contribution in [1.82, 2.24) is 4.90 Å². The molecule has 14 heavy (non-hydrogen) atoms. The van der Waals surface area contributed by atoms with Gasteiger partial charge in [-0.3, -0.25) is 4.79 Å². The van der Waals surface area contributed by atoms with Crippen LogP contribution in [-0.4, -0.2) is 23.9 Å². The predicted octanol–water partition coefficient (Wildman–Crippen LogP) is 2.58. The SMILES string of the molecule is CN1C(=O)CCCCC2CCCCC21. The van der Waals surface area contributed by atoms with E-state index in [4.69, 9.17) is 0 Å². The first-order valence-electron chi connectivity index (χ1n) is 6.04. The molecule has 0 aromatic rings. The smallest absolute Gasteiger partial charge is 0.222 e. The van der Waals surface area contributed by atoms with Crippen LogP contribution in [0.2, 0.25) is 0 Å². The summed E-state index contributed by atoms with van der Waals surface area (Å²) in [5.74, 6) is 1.18. The third kappa shape index (κ3) is 1.94. The number of fused-ring (bicyclic) bond motifs is 1. The van der Waals surface area contributed by atoms with E-state index < -0.39 is 0 Å². The highest BCUT2D eigenvalue weighted by Gasteiger charge is 2.31. The highest BCUT2D eigenvalue weighted by atomic mass is 16.2. The predicted molar refractivity (Wildman–Crippen MR) is 57.0 cm³/mol. The number of hydrogen-bond acceptors (Lipinski definition) is 1. The minimum atomic E-state index is 0.376. The Bertz CT molecular complexity index is 214. The fourth-order valence-corrected chi connectivity index (χ4v) is 3.08. The topological polar surface area (TPSA) is 20.3 Å². The summed E-state index contributed by atoms with van der Waals surface area (Å²) in [4.78, 5) is 13.8. The van der Waals surface area contributed by atoms with E-state index in [1.165, 1.54) is 38.5 Å². The van der Waals surface area contributed by atoms with Gasteiger partial charge in [0, 0.05) is 19.5 Å². The molecule has 2 atom stereocenters. The van der Waals surface area contributed by atoms with Gasteiger partial charge in [0.05, 0.1) is 0 Å². The van der Waals surface area contributed by atoms with Crippen LogP contribution in [0.15, 0.2) is 0 Å². The third-order valence-electron chi connectivity index (χ3n) is 3.98. The Morgan fingerprint density at radius 2 is 1.71 bits per heavy atom. The van der Waals surface area contributed by atoms with E-state index >= 15 is 0 Å². The van der Waals surface area contributed by atoms with E-state index in [0.29, 0.717) is 11.9 Å². The average Bonchev–Trinajstić information content (AvgIpc) is 2.22. The van der Waals surface area contributed by atoms with Gasteiger partial charge >= 0.3 is 0 Å². The molecule has 0 aromatic carbocycles. The second-order valence-electron chi connectivity index (χ2n) is 4.86. The number of amides is 1. The lowest BCUT2D eigenvalue weighted by Crippen LogP contribution is -2.44. The van der Waals surface area contributed by atoms with Crippen LogP contribution >= 0.6 is 0 Å². The highest BCUT2D eigenvalue weighted by molar-refractivity contribution is 5.76. The van der Waals surface area contributed by atoms with Gasteiger partial charge in [-0.2, -0.15) is 0 Å². The fourth-order valence-electron chi connectivity index (χ4n) is 3.08. The Morgan fingerprint density at radius 3 is 2.50 bits per heavy atom. The summed E-state index contributed by atoms with van der Waals surface area (Å²) in [6.45, 7) is 0. The summed E-state index contributed by atoms with van der Waals surface area (Å²) in [6, 6.07) is 0.566. The van der Waals surface area contributed by atoms with Gasteiger partial charge in [0.15, 0.2) is 0 Å². The molecular formula is C12H21NO. The van der Waals surface area contributed by atoms with Crippen molar-refractivity contribution < 1.29 is 4.79 Å². The zero-order chi connectivity index (χ0) is 9.97. The van der Waals surface area contributed by atoms with E-state index in [0.717, 1.165) is 18.8 Å². The van der Waals surface area contributed by atoms with Crippen molar-refractivity contribution in [2.75, 3.05) is 7.05 Å². The zero-order valence-electron chi connectivity index (χ0n) is 9.17. The van der Waals surface area contributed by atoms with Crippen molar-refractivity contribution in [3.05, 3.63) is 0 Å². The Morgan fingerprint density at radius 1 is 1.07 bits per heavy atom. The molecule has 2 rings (SSSR count). The van der Waals surface area contributed by atoms with E-state index in [9.17, 15) is 4.79 Å².